The Labute approximate surface area is 159 Å². The molecule has 6 nitrogen and oxygen atoms in total. The molecule has 2 aromatic heterocycles. The summed E-state index contributed by atoms with van der Waals surface area (Å²) < 4.78 is 12.2. The Bertz CT molecular complexity index is 902. The van der Waals surface area contributed by atoms with Crippen LogP contribution in [-0.2, 0) is 11.3 Å². The fourth-order valence-corrected chi connectivity index (χ4v) is 2.93. The zero-order valence-corrected chi connectivity index (χ0v) is 16.2. The number of carbonyl (C=O) groups excluding carboxylic acids is 1. The maximum absolute atomic E-state index is 12.1. The van der Waals surface area contributed by atoms with E-state index in [0.29, 0.717) is 18.8 Å². The van der Waals surface area contributed by atoms with Crippen LogP contribution in [0.2, 0.25) is 0 Å². The zero-order valence-electron chi connectivity index (χ0n) is 16.2. The fourth-order valence-electron chi connectivity index (χ4n) is 2.93. The van der Waals surface area contributed by atoms with Crippen molar-refractivity contribution in [1.82, 2.24) is 9.55 Å². The molecule has 0 atom stereocenters. The predicted octanol–water partition coefficient (Wildman–Crippen LogP) is 3.91. The van der Waals surface area contributed by atoms with Gasteiger partial charge in [0, 0.05) is 23.7 Å². The smallest absolute Gasteiger partial charge is 0.354 e. The molecule has 0 radical (unpaired) electrons. The first-order valence-electron chi connectivity index (χ1n) is 9.10. The first-order valence-corrected chi connectivity index (χ1v) is 9.10. The van der Waals surface area contributed by atoms with Crippen LogP contribution in [0.1, 0.15) is 31.3 Å². The number of fused-ring (bicyclic) bond motifs is 1. The Balaban J connectivity index is 0.00000126. The molecule has 0 aliphatic rings. The summed E-state index contributed by atoms with van der Waals surface area (Å²) in [5.41, 5.74) is 2.86. The second kappa shape index (κ2) is 9.73. The van der Waals surface area contributed by atoms with Gasteiger partial charge >= 0.3 is 5.97 Å². The molecule has 0 spiro atoms. The van der Waals surface area contributed by atoms with Crippen molar-refractivity contribution in [3.05, 3.63) is 48.3 Å². The van der Waals surface area contributed by atoms with Crippen molar-refractivity contribution in [3.63, 3.8) is 0 Å². The number of aromatic nitrogens is 2. The standard InChI is InChI=1S/C19H20N2O4.C2H6/c1-3-25-14-6-4-5-13(11-14)18-15-12-17(19(23)24-2)21(9-10-22)16(15)7-8-20-18;1-2/h4-8,11-12,22H,3,9-10H2,1-2H3;1-2H3. The van der Waals surface area contributed by atoms with Crippen LogP contribution in [0.3, 0.4) is 0 Å². The summed E-state index contributed by atoms with van der Waals surface area (Å²) in [4.78, 5) is 16.6. The summed E-state index contributed by atoms with van der Waals surface area (Å²) in [7, 11) is 1.34. The molecule has 0 aliphatic carbocycles. The van der Waals surface area contributed by atoms with E-state index in [1.807, 2.05) is 51.1 Å². The zero-order chi connectivity index (χ0) is 19.8. The number of carbonyl (C=O) groups is 1. The largest absolute Gasteiger partial charge is 0.494 e. The minimum Gasteiger partial charge on any atom is -0.494 e. The van der Waals surface area contributed by atoms with Crippen LogP contribution in [0.4, 0.5) is 0 Å². The third-order valence-electron chi connectivity index (χ3n) is 3.97. The van der Waals surface area contributed by atoms with E-state index in [9.17, 15) is 9.90 Å². The second-order valence-electron chi connectivity index (χ2n) is 5.45. The highest BCUT2D eigenvalue weighted by molar-refractivity contribution is 6.00. The van der Waals surface area contributed by atoms with Crippen LogP contribution in [0.5, 0.6) is 5.75 Å². The van der Waals surface area contributed by atoms with Gasteiger partial charge < -0.3 is 19.1 Å². The highest BCUT2D eigenvalue weighted by atomic mass is 16.5. The fraction of sp³-hybridized carbons (Fsp3) is 0.333. The topological polar surface area (TPSA) is 73.6 Å². The Morgan fingerprint density at radius 3 is 2.67 bits per heavy atom. The molecule has 1 aromatic carbocycles. The lowest BCUT2D eigenvalue weighted by Gasteiger charge is -2.09. The first-order chi connectivity index (χ1) is 13.2. The van der Waals surface area contributed by atoms with Crippen LogP contribution < -0.4 is 4.74 Å². The molecule has 0 amide bonds. The number of aliphatic hydroxyl groups is 1. The molecule has 3 aromatic rings. The van der Waals surface area contributed by atoms with Gasteiger partial charge in [0.2, 0.25) is 0 Å². The van der Waals surface area contributed by atoms with Gasteiger partial charge in [0.15, 0.2) is 0 Å². The summed E-state index contributed by atoms with van der Waals surface area (Å²) in [6, 6.07) is 11.3. The number of aliphatic hydroxyl groups excluding tert-OH is 1. The molecule has 0 saturated carbocycles. The molecule has 6 heteroatoms. The monoisotopic (exact) mass is 370 g/mol. The molecule has 0 bridgehead atoms. The van der Waals surface area contributed by atoms with Crippen LogP contribution in [0, 0.1) is 0 Å². The lowest BCUT2D eigenvalue weighted by atomic mass is 10.1. The van der Waals surface area contributed by atoms with E-state index >= 15 is 0 Å². The molecule has 2 heterocycles. The van der Waals surface area contributed by atoms with Crippen molar-refractivity contribution in [2.45, 2.75) is 27.3 Å². The molecule has 144 valence electrons. The Hall–Kier alpha value is -2.86. The van der Waals surface area contributed by atoms with Gasteiger partial charge in [0.1, 0.15) is 11.4 Å². The van der Waals surface area contributed by atoms with Crippen molar-refractivity contribution < 1.29 is 19.4 Å². The van der Waals surface area contributed by atoms with Gasteiger partial charge in [-0.05, 0) is 31.2 Å². The van der Waals surface area contributed by atoms with E-state index in [1.54, 1.807) is 16.8 Å². The Morgan fingerprint density at radius 1 is 1.22 bits per heavy atom. The number of pyridine rings is 1. The second-order valence-corrected chi connectivity index (χ2v) is 5.45. The molecule has 0 fully saturated rings. The average Bonchev–Trinajstić information content (AvgIpc) is 3.08. The van der Waals surface area contributed by atoms with Crippen LogP contribution >= 0.6 is 0 Å². The normalized spacial score (nSPS) is 10.3. The summed E-state index contributed by atoms with van der Waals surface area (Å²) in [6.07, 6.45) is 1.69. The molecule has 0 aliphatic heterocycles. The lowest BCUT2D eigenvalue weighted by Crippen LogP contribution is -2.12. The number of nitrogens with zero attached hydrogens (tertiary/aromatic N) is 2. The van der Waals surface area contributed by atoms with Gasteiger partial charge in [-0.1, -0.05) is 26.0 Å². The van der Waals surface area contributed by atoms with Crippen LogP contribution in [0.25, 0.3) is 22.2 Å². The van der Waals surface area contributed by atoms with Gasteiger partial charge in [-0.3, -0.25) is 4.98 Å². The molecule has 1 N–H and O–H groups in total. The lowest BCUT2D eigenvalue weighted by molar-refractivity contribution is 0.0588. The molecule has 27 heavy (non-hydrogen) atoms. The van der Waals surface area contributed by atoms with E-state index < -0.39 is 5.97 Å². The van der Waals surface area contributed by atoms with Crippen LogP contribution in [-0.4, -0.2) is 41.0 Å². The number of methoxy groups -OCH3 is 1. The SMILES string of the molecule is CC.CCOc1cccc(-c2nccc3c2cc(C(=O)OC)n3CCO)c1. The van der Waals surface area contributed by atoms with Crippen molar-refractivity contribution in [1.29, 1.82) is 0 Å². The van der Waals surface area contributed by atoms with E-state index in [4.69, 9.17) is 9.47 Å². The number of ether oxygens (including phenoxy) is 2. The maximum atomic E-state index is 12.1. The van der Waals surface area contributed by atoms with Crippen molar-refractivity contribution in [2.75, 3.05) is 20.3 Å². The van der Waals surface area contributed by atoms with Gasteiger partial charge in [-0.15, -0.1) is 0 Å². The minimum absolute atomic E-state index is 0.0781. The highest BCUT2D eigenvalue weighted by Gasteiger charge is 2.18. The third-order valence-corrected chi connectivity index (χ3v) is 3.97. The molecular weight excluding hydrogens is 344 g/mol. The van der Waals surface area contributed by atoms with Gasteiger partial charge in [-0.2, -0.15) is 0 Å². The van der Waals surface area contributed by atoms with Crippen molar-refractivity contribution in [2.24, 2.45) is 0 Å². The molecular formula is C21H26N2O4. The Morgan fingerprint density at radius 2 is 2.00 bits per heavy atom. The van der Waals surface area contributed by atoms with Crippen molar-refractivity contribution in [3.8, 4) is 17.0 Å². The highest BCUT2D eigenvalue weighted by Crippen LogP contribution is 2.31. The number of benzene rings is 1. The predicted molar refractivity (Wildman–Crippen MR) is 106 cm³/mol. The summed E-state index contributed by atoms with van der Waals surface area (Å²) >= 11 is 0. The number of hydrogen-bond donors (Lipinski definition) is 1. The number of hydrogen-bond acceptors (Lipinski definition) is 5. The molecule has 0 unspecified atom stereocenters. The third kappa shape index (κ3) is 4.28. The Kier molecular flexibility index (Phi) is 7.37. The number of esters is 1. The summed E-state index contributed by atoms with van der Waals surface area (Å²) in [5, 5.41) is 10.2. The minimum atomic E-state index is -0.446. The van der Waals surface area contributed by atoms with Crippen LogP contribution in [0.15, 0.2) is 42.6 Å². The van der Waals surface area contributed by atoms with E-state index in [2.05, 4.69) is 4.98 Å². The number of rotatable bonds is 6. The average molecular weight is 370 g/mol. The van der Waals surface area contributed by atoms with Crippen molar-refractivity contribution >= 4 is 16.9 Å². The molecule has 3 rings (SSSR count). The maximum Gasteiger partial charge on any atom is 0.354 e. The quantitative estimate of drug-likeness (QED) is 0.666. The van der Waals surface area contributed by atoms with E-state index in [-0.39, 0.29) is 6.61 Å². The first kappa shape index (κ1) is 20.5. The molecule has 0 saturated heterocycles. The van der Waals surface area contributed by atoms with Gasteiger partial charge in [-0.25, -0.2) is 4.79 Å². The van der Waals surface area contributed by atoms with E-state index in [0.717, 1.165) is 27.9 Å². The summed E-state index contributed by atoms with van der Waals surface area (Å²) in [5.74, 6) is 0.320. The summed E-state index contributed by atoms with van der Waals surface area (Å²) in [6.45, 7) is 6.74. The van der Waals surface area contributed by atoms with Gasteiger partial charge in [0.05, 0.1) is 31.5 Å². The van der Waals surface area contributed by atoms with E-state index in [1.165, 1.54) is 7.11 Å². The van der Waals surface area contributed by atoms with Gasteiger partial charge in [0.25, 0.3) is 0 Å².